The smallest absolute Gasteiger partial charge is 0.280 e. The first-order chi connectivity index (χ1) is 25.2. The monoisotopic (exact) mass is 778 g/mol. The molecule has 3 rings (SSSR count). The van der Waals surface area contributed by atoms with E-state index in [4.69, 9.17) is 47.7 Å². The Balaban J connectivity index is 1.34. The summed E-state index contributed by atoms with van der Waals surface area (Å²) in [5.41, 5.74) is 16.8. The highest BCUT2D eigenvalue weighted by Gasteiger charge is 2.39. The van der Waals surface area contributed by atoms with Gasteiger partial charge in [0.05, 0.1) is 25.4 Å². The number of aromatic nitrogens is 2. The molecule has 19 nitrogen and oxygen atoms in total. The lowest BCUT2D eigenvalue weighted by Gasteiger charge is -2.33. The lowest BCUT2D eigenvalue weighted by Crippen LogP contribution is -2.53. The maximum atomic E-state index is 12.3. The van der Waals surface area contributed by atoms with Gasteiger partial charge in [0.1, 0.15) is 36.6 Å². The number of carbonyl (C=O) groups is 1. The van der Waals surface area contributed by atoms with Crippen molar-refractivity contribution in [2.24, 2.45) is 10.7 Å². The maximum Gasteiger partial charge on any atom is 0.280 e. The number of guanidine groups is 1. The van der Waals surface area contributed by atoms with Crippen LogP contribution >= 0.6 is 11.6 Å². The van der Waals surface area contributed by atoms with Crippen molar-refractivity contribution in [2.75, 3.05) is 50.9 Å². The SMILES string of the molecule is C[C@@H]1OC[C@H]([C@@H](O)[C@H](O)[C@@H](O)CN(CCCCCCCCCCCN=C(N)NC(=O)c2nc(Cl)c(N)nc2N)C[C@H](O)[C@@H](O)[C@H](O)[C@H]2CO[C@@H](C)O2)O1. The number of nitrogen functional groups attached to an aromatic ring is 2. The van der Waals surface area contributed by atoms with Gasteiger partial charge >= 0.3 is 0 Å². The van der Waals surface area contributed by atoms with Crippen LogP contribution in [0.5, 0.6) is 0 Å². The molecule has 0 radical (unpaired) electrons. The number of amides is 1. The number of aliphatic imine (C=N–C) groups is 1. The normalized spacial score (nSPS) is 24.2. The number of rotatable bonds is 23. The quantitative estimate of drug-likeness (QED) is 0.0356. The van der Waals surface area contributed by atoms with Crippen molar-refractivity contribution in [2.45, 2.75) is 133 Å². The predicted molar refractivity (Wildman–Crippen MR) is 194 cm³/mol. The molecule has 0 unspecified atom stereocenters. The third-order valence-corrected chi connectivity index (χ3v) is 9.42. The summed E-state index contributed by atoms with van der Waals surface area (Å²) in [6.07, 6.45) is -2.96. The topological polar surface area (TPSA) is 307 Å². The van der Waals surface area contributed by atoms with Gasteiger partial charge in [-0.2, -0.15) is 0 Å². The number of anilines is 2. The molecule has 3 heterocycles. The van der Waals surface area contributed by atoms with Gasteiger partial charge in [0.15, 0.2) is 41.0 Å². The molecule has 0 spiro atoms. The van der Waals surface area contributed by atoms with Crippen LogP contribution in [0.25, 0.3) is 0 Å². The summed E-state index contributed by atoms with van der Waals surface area (Å²) >= 11 is 5.81. The van der Waals surface area contributed by atoms with Crippen LogP contribution < -0.4 is 22.5 Å². The average molecular weight is 779 g/mol. The standard InChI is InChI=1S/C33H59ClN8O11/c1-18-50-16-22(52-18)27(47)25(45)20(43)14-42(15-21(44)26(46)28(48)23-17-51-19(2)53-23)13-11-9-7-5-3-4-6-8-10-12-38-33(37)41-32(49)24-30(35)40-31(36)29(34)39-24/h18-23,25-28,43-48H,3-17H2,1-2H3,(H4,35,36,40)(H3,37,38,41,49)/t18-,19-,20+,21+,22-,23-,25-,26-,27-,28-/m1/s1. The number of hydrogen-bond donors (Lipinski definition) is 10. The molecule has 0 aromatic carbocycles. The Labute approximate surface area is 314 Å². The minimum absolute atomic E-state index is 0.0684. The fourth-order valence-corrected chi connectivity index (χ4v) is 6.20. The minimum Gasteiger partial charge on any atom is -0.389 e. The van der Waals surface area contributed by atoms with E-state index < -0.39 is 67.3 Å². The first-order valence-corrected chi connectivity index (χ1v) is 18.6. The molecule has 13 N–H and O–H groups in total. The lowest BCUT2D eigenvalue weighted by atomic mass is 10.0. The van der Waals surface area contributed by atoms with E-state index in [1.165, 1.54) is 0 Å². The van der Waals surface area contributed by atoms with E-state index in [1.54, 1.807) is 18.7 Å². The van der Waals surface area contributed by atoms with Gasteiger partial charge in [0, 0.05) is 19.6 Å². The van der Waals surface area contributed by atoms with E-state index in [0.717, 1.165) is 51.4 Å². The Morgan fingerprint density at radius 3 is 1.75 bits per heavy atom. The summed E-state index contributed by atoms with van der Waals surface area (Å²) in [6, 6.07) is 0. The molecule has 1 amide bonds. The number of unbranched alkanes of at least 4 members (excludes halogenated alkanes) is 8. The molecule has 2 aliphatic heterocycles. The Morgan fingerprint density at radius 2 is 1.28 bits per heavy atom. The fourth-order valence-electron chi connectivity index (χ4n) is 6.07. The van der Waals surface area contributed by atoms with Gasteiger partial charge in [-0.1, -0.05) is 56.5 Å². The van der Waals surface area contributed by atoms with Crippen LogP contribution in [0.3, 0.4) is 0 Å². The highest BCUT2D eigenvalue weighted by molar-refractivity contribution is 6.31. The number of nitrogens with two attached hydrogens (primary N) is 3. The molecular weight excluding hydrogens is 720 g/mol. The molecule has 20 heteroatoms. The minimum atomic E-state index is -1.55. The molecular formula is C33H59ClN8O11. The van der Waals surface area contributed by atoms with E-state index in [9.17, 15) is 35.4 Å². The van der Waals surface area contributed by atoms with Gasteiger partial charge in [-0.3, -0.25) is 20.0 Å². The van der Waals surface area contributed by atoms with E-state index >= 15 is 0 Å². The molecule has 1 aromatic heterocycles. The van der Waals surface area contributed by atoms with Crippen LogP contribution in [0.1, 0.15) is 82.1 Å². The van der Waals surface area contributed by atoms with E-state index in [-0.39, 0.29) is 54.7 Å². The van der Waals surface area contributed by atoms with Crippen molar-refractivity contribution in [3.05, 3.63) is 10.8 Å². The van der Waals surface area contributed by atoms with Gasteiger partial charge in [0.2, 0.25) is 0 Å². The second kappa shape index (κ2) is 22.8. The highest BCUT2D eigenvalue weighted by atomic mass is 35.5. The zero-order chi connectivity index (χ0) is 39.1. The van der Waals surface area contributed by atoms with Crippen LogP contribution in [0.15, 0.2) is 4.99 Å². The first kappa shape index (κ1) is 44.9. The third-order valence-electron chi connectivity index (χ3n) is 9.14. The van der Waals surface area contributed by atoms with Crippen LogP contribution in [0.2, 0.25) is 5.15 Å². The van der Waals surface area contributed by atoms with E-state index in [1.807, 2.05) is 0 Å². The van der Waals surface area contributed by atoms with Gasteiger partial charge in [-0.15, -0.1) is 0 Å². The van der Waals surface area contributed by atoms with Gasteiger partial charge in [-0.25, -0.2) is 9.97 Å². The van der Waals surface area contributed by atoms with Crippen LogP contribution in [0, 0.1) is 0 Å². The van der Waals surface area contributed by atoms with Crippen molar-refractivity contribution >= 4 is 35.1 Å². The number of hydrogen-bond acceptors (Lipinski definition) is 17. The highest BCUT2D eigenvalue weighted by Crippen LogP contribution is 2.21. The average Bonchev–Trinajstić information content (AvgIpc) is 3.76. The number of aliphatic hydroxyl groups excluding tert-OH is 6. The Bertz CT molecular complexity index is 1250. The molecule has 2 aliphatic rings. The van der Waals surface area contributed by atoms with Gasteiger partial charge in [-0.05, 0) is 33.2 Å². The number of ether oxygens (including phenoxy) is 4. The van der Waals surface area contributed by atoms with Crippen LogP contribution in [-0.4, -0.2) is 158 Å². The van der Waals surface area contributed by atoms with Gasteiger partial charge in [0.25, 0.3) is 5.91 Å². The lowest BCUT2D eigenvalue weighted by molar-refractivity contribution is -0.135. The largest absolute Gasteiger partial charge is 0.389 e. The summed E-state index contributed by atoms with van der Waals surface area (Å²) in [6.45, 7) is 4.13. The predicted octanol–water partition coefficient (Wildman–Crippen LogP) is -1.16. The van der Waals surface area contributed by atoms with Crippen molar-refractivity contribution in [1.82, 2.24) is 20.2 Å². The third kappa shape index (κ3) is 14.9. The molecule has 53 heavy (non-hydrogen) atoms. The number of nitrogens with one attached hydrogen (secondary N) is 1. The molecule has 2 saturated heterocycles. The molecule has 10 atom stereocenters. The molecule has 2 fully saturated rings. The van der Waals surface area contributed by atoms with Crippen molar-refractivity contribution in [1.29, 1.82) is 0 Å². The Morgan fingerprint density at radius 1 is 0.811 bits per heavy atom. The number of halogens is 1. The first-order valence-electron chi connectivity index (χ1n) is 18.2. The zero-order valence-corrected chi connectivity index (χ0v) is 31.3. The number of carbonyl (C=O) groups excluding carboxylic acids is 1. The molecule has 0 bridgehead atoms. The van der Waals surface area contributed by atoms with Crippen molar-refractivity contribution in [3.63, 3.8) is 0 Å². The number of aliphatic hydroxyl groups is 6. The zero-order valence-electron chi connectivity index (χ0n) is 30.5. The summed E-state index contributed by atoms with van der Waals surface area (Å²) in [5, 5.41) is 66.4. The molecule has 1 aromatic rings. The summed E-state index contributed by atoms with van der Waals surface area (Å²) in [4.78, 5) is 25.8. The molecule has 304 valence electrons. The number of nitrogens with zero attached hydrogens (tertiary/aromatic N) is 4. The summed E-state index contributed by atoms with van der Waals surface area (Å²) in [5.74, 6) is -1.01. The van der Waals surface area contributed by atoms with Crippen LogP contribution in [0.4, 0.5) is 11.6 Å². The Kier molecular flexibility index (Phi) is 19.3. The second-order valence-electron chi connectivity index (χ2n) is 13.5. The molecule has 0 saturated carbocycles. The fraction of sp³-hybridized carbons (Fsp3) is 0.818. The second-order valence-corrected chi connectivity index (χ2v) is 13.9. The summed E-state index contributed by atoms with van der Waals surface area (Å²) in [7, 11) is 0. The van der Waals surface area contributed by atoms with Gasteiger partial charge < -0.3 is 66.8 Å². The summed E-state index contributed by atoms with van der Waals surface area (Å²) < 4.78 is 21.5. The Hall–Kier alpha value is -2.53. The molecule has 0 aliphatic carbocycles. The maximum absolute atomic E-state index is 12.3. The van der Waals surface area contributed by atoms with E-state index in [2.05, 4.69) is 20.3 Å². The van der Waals surface area contributed by atoms with Crippen LogP contribution in [-0.2, 0) is 18.9 Å². The van der Waals surface area contributed by atoms with E-state index in [0.29, 0.717) is 19.5 Å². The van der Waals surface area contributed by atoms with Crippen molar-refractivity contribution < 1.29 is 54.4 Å². The van der Waals surface area contributed by atoms with Crippen molar-refractivity contribution in [3.8, 4) is 0 Å².